The van der Waals surface area contributed by atoms with Crippen LogP contribution in [0.1, 0.15) is 132 Å². The van der Waals surface area contributed by atoms with Gasteiger partial charge in [-0.1, -0.05) is 62.3 Å². The van der Waals surface area contributed by atoms with E-state index >= 15 is 0 Å². The minimum atomic E-state index is -0.210. The average Bonchev–Trinajstić information content (AvgIpc) is 2.92. The molecule has 0 heterocycles. The second-order valence-corrected chi connectivity index (χ2v) is 15.3. The predicted octanol–water partition coefficient (Wildman–Crippen LogP) is 7.09. The first kappa shape index (κ1) is 32.5. The highest BCUT2D eigenvalue weighted by Crippen LogP contribution is 2.36. The summed E-state index contributed by atoms with van der Waals surface area (Å²) in [4.78, 5) is 41.1. The Balaban J connectivity index is 1.60. The monoisotopic (exact) mass is 579 g/mol. The number of hydrogen-bond donors (Lipinski definition) is 3. The Bertz CT molecular complexity index is 984. The molecule has 6 heteroatoms. The molecule has 6 nitrogen and oxygen atoms in total. The Morgan fingerprint density at radius 2 is 0.690 bits per heavy atom. The quantitative estimate of drug-likeness (QED) is 0.336. The van der Waals surface area contributed by atoms with E-state index in [-0.39, 0.29) is 35.8 Å². The van der Waals surface area contributed by atoms with Crippen molar-refractivity contribution in [3.05, 3.63) is 34.9 Å². The van der Waals surface area contributed by atoms with Crippen molar-refractivity contribution in [1.29, 1.82) is 0 Å². The molecule has 3 aliphatic carbocycles. The summed E-state index contributed by atoms with van der Waals surface area (Å²) < 4.78 is 0. The minimum absolute atomic E-state index is 0.0723. The lowest BCUT2D eigenvalue weighted by Gasteiger charge is -2.38. The van der Waals surface area contributed by atoms with Crippen molar-refractivity contribution in [3.8, 4) is 0 Å². The van der Waals surface area contributed by atoms with E-state index in [4.69, 9.17) is 0 Å². The topological polar surface area (TPSA) is 87.3 Å². The summed E-state index contributed by atoms with van der Waals surface area (Å²) >= 11 is 0. The van der Waals surface area contributed by atoms with Gasteiger partial charge in [-0.15, -0.1) is 0 Å². The third-order valence-electron chi connectivity index (χ3n) is 11.6. The molecule has 0 aromatic heterocycles. The molecule has 12 atom stereocenters. The lowest BCUT2D eigenvalue weighted by Crippen LogP contribution is -2.47. The number of nitrogens with one attached hydrogen (secondary N) is 3. The molecule has 0 radical (unpaired) electrons. The average molecular weight is 580 g/mol. The summed E-state index contributed by atoms with van der Waals surface area (Å²) in [5.74, 6) is 3.70. The number of benzene rings is 1. The van der Waals surface area contributed by atoms with E-state index in [9.17, 15) is 14.4 Å². The fraction of sp³-hybridized carbons (Fsp3) is 0.750. The third kappa shape index (κ3) is 7.58. The molecule has 3 aliphatic rings. The molecular formula is C36H57N3O3. The number of carbonyl (C=O) groups excluding carboxylic acids is 3. The van der Waals surface area contributed by atoms with Crippen LogP contribution in [0.5, 0.6) is 0 Å². The highest BCUT2D eigenvalue weighted by molar-refractivity contribution is 6.04. The second-order valence-electron chi connectivity index (χ2n) is 15.3. The first-order chi connectivity index (χ1) is 19.7. The zero-order valence-corrected chi connectivity index (χ0v) is 27.6. The van der Waals surface area contributed by atoms with E-state index < -0.39 is 0 Å². The molecule has 0 bridgehead atoms. The minimum Gasteiger partial charge on any atom is -0.349 e. The molecule has 1 aromatic carbocycles. The highest BCUT2D eigenvalue weighted by Gasteiger charge is 2.35. The first-order valence-corrected chi connectivity index (χ1v) is 16.8. The van der Waals surface area contributed by atoms with Crippen molar-refractivity contribution in [2.75, 3.05) is 0 Å². The van der Waals surface area contributed by atoms with Crippen LogP contribution in [-0.4, -0.2) is 35.8 Å². The largest absolute Gasteiger partial charge is 0.349 e. The molecule has 234 valence electrons. The molecule has 3 fully saturated rings. The molecule has 3 amide bonds. The summed E-state index contributed by atoms with van der Waals surface area (Å²) in [5.41, 5.74) is 1.13. The van der Waals surface area contributed by atoms with Gasteiger partial charge in [0.1, 0.15) is 0 Å². The smallest absolute Gasteiger partial charge is 0.251 e. The fourth-order valence-electron chi connectivity index (χ4n) is 8.32. The standard InChI is InChI=1S/C36H57N3O3/c1-19-10-22(4)25(7)31(13-19)37-34(40)28-16-29(35(41)38-32-14-20(2)11-23(5)26(32)8)18-30(17-28)36(42)39-33-15-21(3)12-24(6)27(33)9/h16-27,31-33H,10-15H2,1-9H3,(H,37,40)(H,38,41)(H,39,42). The van der Waals surface area contributed by atoms with E-state index in [0.29, 0.717) is 70.0 Å². The molecule has 3 N–H and O–H groups in total. The van der Waals surface area contributed by atoms with E-state index in [1.165, 1.54) is 19.3 Å². The summed E-state index contributed by atoms with van der Waals surface area (Å²) in [6.45, 7) is 20.2. The van der Waals surface area contributed by atoms with Gasteiger partial charge in [-0.2, -0.15) is 0 Å². The van der Waals surface area contributed by atoms with Crippen LogP contribution in [0.2, 0.25) is 0 Å². The predicted molar refractivity (Wildman–Crippen MR) is 170 cm³/mol. The van der Waals surface area contributed by atoms with E-state index in [1.807, 2.05) is 0 Å². The van der Waals surface area contributed by atoms with Crippen molar-refractivity contribution in [2.45, 2.75) is 119 Å². The van der Waals surface area contributed by atoms with Gasteiger partial charge in [-0.05, 0) is 110 Å². The Kier molecular flexibility index (Phi) is 10.5. The van der Waals surface area contributed by atoms with Gasteiger partial charge in [-0.25, -0.2) is 0 Å². The molecular weight excluding hydrogens is 522 g/mol. The number of hydrogen-bond acceptors (Lipinski definition) is 3. The third-order valence-corrected chi connectivity index (χ3v) is 11.6. The Hall–Kier alpha value is -2.37. The van der Waals surface area contributed by atoms with Crippen LogP contribution in [0.4, 0.5) is 0 Å². The molecule has 3 saturated carbocycles. The molecule has 1 aromatic rings. The van der Waals surface area contributed by atoms with Crippen LogP contribution in [0, 0.1) is 53.3 Å². The summed E-state index contributed by atoms with van der Waals surface area (Å²) in [7, 11) is 0. The molecule has 0 aliphatic heterocycles. The molecule has 42 heavy (non-hydrogen) atoms. The molecule has 4 rings (SSSR count). The van der Waals surface area contributed by atoms with Gasteiger partial charge >= 0.3 is 0 Å². The van der Waals surface area contributed by atoms with Crippen LogP contribution in [0.3, 0.4) is 0 Å². The van der Waals surface area contributed by atoms with Gasteiger partial charge in [0.25, 0.3) is 17.7 Å². The highest BCUT2D eigenvalue weighted by atomic mass is 16.2. The lowest BCUT2D eigenvalue weighted by molar-refractivity contribution is 0.0863. The van der Waals surface area contributed by atoms with Crippen LogP contribution in [0.25, 0.3) is 0 Å². The van der Waals surface area contributed by atoms with Crippen molar-refractivity contribution < 1.29 is 14.4 Å². The zero-order chi connectivity index (χ0) is 30.9. The second kappa shape index (κ2) is 13.5. The summed E-state index contributed by atoms with van der Waals surface area (Å²) in [6, 6.07) is 5.25. The molecule has 0 spiro atoms. The fourth-order valence-corrected chi connectivity index (χ4v) is 8.32. The maximum atomic E-state index is 13.7. The number of rotatable bonds is 6. The number of carbonyl (C=O) groups is 3. The SMILES string of the molecule is CC1CC(C)C(C)C(NC(=O)c2cc(C(=O)NC3CC(C)CC(C)C3C)cc(C(=O)NC3CC(C)CC(C)C3C)c2)C1. The van der Waals surface area contributed by atoms with E-state index in [2.05, 4.69) is 78.3 Å². The van der Waals surface area contributed by atoms with Crippen molar-refractivity contribution in [2.24, 2.45) is 53.3 Å². The van der Waals surface area contributed by atoms with Gasteiger partial charge in [-0.3, -0.25) is 14.4 Å². The van der Waals surface area contributed by atoms with Crippen molar-refractivity contribution in [3.63, 3.8) is 0 Å². The van der Waals surface area contributed by atoms with Crippen molar-refractivity contribution in [1.82, 2.24) is 16.0 Å². The summed E-state index contributed by atoms with van der Waals surface area (Å²) in [6.07, 6.45) is 6.33. The number of amides is 3. The maximum Gasteiger partial charge on any atom is 0.251 e. The maximum absolute atomic E-state index is 13.7. The van der Waals surface area contributed by atoms with Crippen LogP contribution in [0.15, 0.2) is 18.2 Å². The summed E-state index contributed by atoms with van der Waals surface area (Å²) in [5, 5.41) is 9.83. The van der Waals surface area contributed by atoms with E-state index in [0.717, 1.165) is 19.3 Å². The van der Waals surface area contributed by atoms with Crippen LogP contribution >= 0.6 is 0 Å². The zero-order valence-electron chi connectivity index (χ0n) is 27.6. The lowest BCUT2D eigenvalue weighted by atomic mass is 9.73. The van der Waals surface area contributed by atoms with Gasteiger partial charge in [0, 0.05) is 34.8 Å². The Labute approximate surface area is 254 Å². The van der Waals surface area contributed by atoms with Gasteiger partial charge in [0.15, 0.2) is 0 Å². The molecule has 12 unspecified atom stereocenters. The molecule has 0 saturated heterocycles. The van der Waals surface area contributed by atoms with Crippen LogP contribution in [-0.2, 0) is 0 Å². The van der Waals surface area contributed by atoms with Gasteiger partial charge in [0.05, 0.1) is 0 Å². The van der Waals surface area contributed by atoms with Crippen molar-refractivity contribution >= 4 is 17.7 Å². The van der Waals surface area contributed by atoms with Crippen LogP contribution < -0.4 is 16.0 Å². The Morgan fingerprint density at radius 1 is 0.452 bits per heavy atom. The van der Waals surface area contributed by atoms with E-state index in [1.54, 1.807) is 18.2 Å². The Morgan fingerprint density at radius 3 is 0.929 bits per heavy atom. The first-order valence-electron chi connectivity index (χ1n) is 16.8. The normalized spacial score (nSPS) is 38.8. The van der Waals surface area contributed by atoms with Gasteiger partial charge < -0.3 is 16.0 Å². The van der Waals surface area contributed by atoms with Gasteiger partial charge in [0.2, 0.25) is 0 Å².